The highest BCUT2D eigenvalue weighted by Gasteiger charge is 2.18. The lowest BCUT2D eigenvalue weighted by Crippen LogP contribution is -2.28. The van der Waals surface area contributed by atoms with Crippen LogP contribution in [0.15, 0.2) is 65.7 Å². The summed E-state index contributed by atoms with van der Waals surface area (Å²) < 4.78 is 33.6. The smallest absolute Gasteiger partial charge is 0.251 e. The Morgan fingerprint density at radius 2 is 1.81 bits per heavy atom. The minimum Gasteiger partial charge on any atom is -0.383 e. The molecule has 3 rings (SSSR count). The quantitative estimate of drug-likeness (QED) is 0.496. The van der Waals surface area contributed by atoms with Gasteiger partial charge in [0.15, 0.2) is 0 Å². The summed E-state index contributed by atoms with van der Waals surface area (Å²) in [6, 6.07) is 15.3. The second kappa shape index (κ2) is 9.86. The Bertz CT molecular complexity index is 1130. The summed E-state index contributed by atoms with van der Waals surface area (Å²) in [6.45, 7) is 4.29. The van der Waals surface area contributed by atoms with Crippen LogP contribution >= 0.6 is 0 Å². The molecule has 0 saturated carbocycles. The number of rotatable bonds is 9. The fraction of sp³-hybridized carbons (Fsp3) is 0.273. The van der Waals surface area contributed by atoms with Crippen LogP contribution in [0.4, 0.5) is 0 Å². The number of nitrogens with zero attached hydrogens (tertiary/aromatic N) is 2. The van der Waals surface area contributed by atoms with Crippen molar-refractivity contribution in [2.75, 3.05) is 20.3 Å². The third-order valence-electron chi connectivity index (χ3n) is 4.89. The Morgan fingerprint density at radius 3 is 2.45 bits per heavy atom. The summed E-state index contributed by atoms with van der Waals surface area (Å²) >= 11 is 0. The summed E-state index contributed by atoms with van der Waals surface area (Å²) in [5.74, 6) is -0.296. The number of sulfonamides is 1. The Kier molecular flexibility index (Phi) is 7.21. The van der Waals surface area contributed by atoms with Crippen molar-refractivity contribution in [2.45, 2.75) is 24.8 Å². The molecule has 0 saturated heterocycles. The minimum absolute atomic E-state index is 0.0909. The van der Waals surface area contributed by atoms with E-state index in [1.165, 1.54) is 31.4 Å². The number of aromatic nitrogens is 2. The van der Waals surface area contributed by atoms with E-state index in [4.69, 9.17) is 4.74 Å². The summed E-state index contributed by atoms with van der Waals surface area (Å²) in [5.41, 5.74) is 3.15. The van der Waals surface area contributed by atoms with E-state index in [1.807, 2.05) is 48.9 Å². The van der Waals surface area contributed by atoms with Crippen LogP contribution in [0.2, 0.25) is 0 Å². The fourth-order valence-corrected chi connectivity index (χ4v) is 4.19. The lowest BCUT2D eigenvalue weighted by molar-refractivity contribution is 0.0939. The van der Waals surface area contributed by atoms with E-state index in [0.717, 1.165) is 16.9 Å². The van der Waals surface area contributed by atoms with Crippen molar-refractivity contribution >= 4 is 15.9 Å². The first-order chi connectivity index (χ1) is 14.8. The average molecular weight is 443 g/mol. The zero-order valence-corrected chi connectivity index (χ0v) is 18.5. The number of methoxy groups -OCH3 is 1. The molecule has 3 aromatic rings. The number of ether oxygens (including phenoxy) is 1. The van der Waals surface area contributed by atoms with Gasteiger partial charge < -0.3 is 10.1 Å². The van der Waals surface area contributed by atoms with Crippen molar-refractivity contribution in [3.8, 4) is 5.69 Å². The predicted octanol–water partition coefficient (Wildman–Crippen LogP) is 2.60. The molecular formula is C22H26N4O4S. The molecule has 0 aliphatic rings. The van der Waals surface area contributed by atoms with Crippen molar-refractivity contribution in [3.63, 3.8) is 0 Å². The van der Waals surface area contributed by atoms with E-state index in [-0.39, 0.29) is 30.0 Å². The van der Waals surface area contributed by atoms with Gasteiger partial charge in [-0.3, -0.25) is 4.79 Å². The first kappa shape index (κ1) is 22.7. The SMILES string of the molecule is COCCNS(=O)(=O)c1ccc(C(=O)NC(C)c2cnn(-c3ccccc3)c2C)cc1. The van der Waals surface area contributed by atoms with Crippen LogP contribution in [0.3, 0.4) is 0 Å². The topological polar surface area (TPSA) is 102 Å². The van der Waals surface area contributed by atoms with Crippen LogP contribution in [0.5, 0.6) is 0 Å². The fourth-order valence-electron chi connectivity index (χ4n) is 3.18. The molecule has 9 heteroatoms. The molecule has 1 aromatic heterocycles. The summed E-state index contributed by atoms with van der Waals surface area (Å²) in [7, 11) is -2.15. The molecule has 0 aliphatic heterocycles. The molecule has 31 heavy (non-hydrogen) atoms. The van der Waals surface area contributed by atoms with Gasteiger partial charge in [-0.2, -0.15) is 5.10 Å². The van der Waals surface area contributed by atoms with Gasteiger partial charge >= 0.3 is 0 Å². The second-order valence-corrected chi connectivity index (χ2v) is 8.81. The molecule has 0 spiro atoms. The Hall–Kier alpha value is -3.01. The highest BCUT2D eigenvalue weighted by molar-refractivity contribution is 7.89. The lowest BCUT2D eigenvalue weighted by Gasteiger charge is -2.14. The van der Waals surface area contributed by atoms with Gasteiger partial charge in [-0.1, -0.05) is 18.2 Å². The number of hydrogen-bond acceptors (Lipinski definition) is 5. The van der Waals surface area contributed by atoms with Crippen LogP contribution in [-0.2, 0) is 14.8 Å². The maximum Gasteiger partial charge on any atom is 0.251 e. The van der Waals surface area contributed by atoms with Crippen LogP contribution < -0.4 is 10.0 Å². The van der Waals surface area contributed by atoms with Gasteiger partial charge in [-0.15, -0.1) is 0 Å². The highest BCUT2D eigenvalue weighted by Crippen LogP contribution is 2.20. The Morgan fingerprint density at radius 1 is 1.13 bits per heavy atom. The summed E-state index contributed by atoms with van der Waals surface area (Å²) in [5, 5.41) is 7.38. The van der Waals surface area contributed by atoms with Crippen LogP contribution in [0.25, 0.3) is 5.69 Å². The monoisotopic (exact) mass is 442 g/mol. The van der Waals surface area contributed by atoms with Gasteiger partial charge in [-0.25, -0.2) is 17.8 Å². The van der Waals surface area contributed by atoms with Crippen LogP contribution in [0.1, 0.15) is 34.6 Å². The number of benzene rings is 2. The van der Waals surface area contributed by atoms with Gasteiger partial charge in [-0.05, 0) is 50.2 Å². The molecular weight excluding hydrogens is 416 g/mol. The van der Waals surface area contributed by atoms with E-state index in [0.29, 0.717) is 5.56 Å². The number of nitrogens with one attached hydrogen (secondary N) is 2. The summed E-state index contributed by atoms with van der Waals surface area (Å²) in [4.78, 5) is 12.8. The second-order valence-electron chi connectivity index (χ2n) is 7.04. The maximum absolute atomic E-state index is 12.7. The van der Waals surface area contributed by atoms with E-state index in [2.05, 4.69) is 15.1 Å². The largest absolute Gasteiger partial charge is 0.383 e. The van der Waals surface area contributed by atoms with E-state index in [1.54, 1.807) is 6.20 Å². The molecule has 2 N–H and O–H groups in total. The Balaban J connectivity index is 1.68. The van der Waals surface area contributed by atoms with Gasteiger partial charge in [0, 0.05) is 30.5 Å². The first-order valence-corrected chi connectivity index (χ1v) is 11.3. The highest BCUT2D eigenvalue weighted by atomic mass is 32.2. The van der Waals surface area contributed by atoms with Crippen molar-refractivity contribution < 1.29 is 17.9 Å². The van der Waals surface area contributed by atoms with E-state index < -0.39 is 10.0 Å². The third kappa shape index (κ3) is 5.38. The minimum atomic E-state index is -3.64. The molecule has 0 radical (unpaired) electrons. The normalized spacial score (nSPS) is 12.5. The molecule has 0 bridgehead atoms. The number of hydrogen-bond donors (Lipinski definition) is 2. The number of carbonyl (C=O) groups excluding carboxylic acids is 1. The van der Waals surface area contributed by atoms with E-state index in [9.17, 15) is 13.2 Å². The molecule has 0 aliphatic carbocycles. The molecule has 1 unspecified atom stereocenters. The predicted molar refractivity (Wildman–Crippen MR) is 118 cm³/mol. The van der Waals surface area contributed by atoms with Gasteiger partial charge in [0.2, 0.25) is 10.0 Å². The number of para-hydroxylation sites is 1. The van der Waals surface area contributed by atoms with Gasteiger partial charge in [0.25, 0.3) is 5.91 Å². The third-order valence-corrected chi connectivity index (χ3v) is 6.36. The zero-order chi connectivity index (χ0) is 22.4. The number of amides is 1. The molecule has 1 atom stereocenters. The summed E-state index contributed by atoms with van der Waals surface area (Å²) in [6.07, 6.45) is 1.74. The van der Waals surface area contributed by atoms with Crippen molar-refractivity contribution in [1.82, 2.24) is 19.8 Å². The van der Waals surface area contributed by atoms with Crippen LogP contribution in [0, 0.1) is 6.92 Å². The van der Waals surface area contributed by atoms with Crippen molar-refractivity contribution in [3.05, 3.63) is 77.6 Å². The van der Waals surface area contributed by atoms with Gasteiger partial charge in [0.1, 0.15) is 0 Å². The maximum atomic E-state index is 12.7. The molecule has 8 nitrogen and oxygen atoms in total. The van der Waals surface area contributed by atoms with E-state index >= 15 is 0 Å². The standard InChI is InChI=1S/C22H26N4O4S/c1-16(21-15-23-26(17(21)2)19-7-5-4-6-8-19)25-22(27)18-9-11-20(12-10-18)31(28,29)24-13-14-30-3/h4-12,15-16,24H,13-14H2,1-3H3,(H,25,27). The van der Waals surface area contributed by atoms with Gasteiger partial charge in [0.05, 0.1) is 29.4 Å². The molecule has 1 amide bonds. The zero-order valence-electron chi connectivity index (χ0n) is 17.7. The van der Waals surface area contributed by atoms with Crippen molar-refractivity contribution in [2.24, 2.45) is 0 Å². The molecule has 0 fully saturated rings. The molecule has 2 aromatic carbocycles. The van der Waals surface area contributed by atoms with Crippen molar-refractivity contribution in [1.29, 1.82) is 0 Å². The Labute approximate surface area is 182 Å². The van der Waals surface area contributed by atoms with Crippen LogP contribution in [-0.4, -0.2) is 44.4 Å². The average Bonchev–Trinajstić information content (AvgIpc) is 3.16. The molecule has 1 heterocycles. The first-order valence-electron chi connectivity index (χ1n) is 9.83. The number of carbonyl (C=O) groups is 1. The lowest BCUT2D eigenvalue weighted by atomic mass is 10.1. The molecule has 164 valence electrons.